The van der Waals surface area contributed by atoms with Gasteiger partial charge >= 0.3 is 0 Å². The van der Waals surface area contributed by atoms with Crippen molar-refractivity contribution in [2.45, 2.75) is 4.90 Å². The summed E-state index contributed by atoms with van der Waals surface area (Å²) in [6, 6.07) is 15.1. The van der Waals surface area contributed by atoms with Crippen LogP contribution < -0.4 is 14.8 Å². The first-order valence-corrected chi connectivity index (χ1v) is 9.70. The topological polar surface area (TPSA) is 35.5 Å². The van der Waals surface area contributed by atoms with Crippen LogP contribution in [0.1, 0.15) is 0 Å². The van der Waals surface area contributed by atoms with Crippen LogP contribution in [0.5, 0.6) is 11.5 Å². The molecular formula is C15H17O3PS. The molecule has 5 heteroatoms. The van der Waals surface area contributed by atoms with Gasteiger partial charge in [-0.1, -0.05) is 35.6 Å². The van der Waals surface area contributed by atoms with Crippen molar-refractivity contribution in [2.24, 2.45) is 0 Å². The van der Waals surface area contributed by atoms with Crippen molar-refractivity contribution in [3.05, 3.63) is 48.5 Å². The smallest absolute Gasteiger partial charge is 0.176 e. The lowest BCUT2D eigenvalue weighted by Crippen LogP contribution is -2.10. The summed E-state index contributed by atoms with van der Waals surface area (Å²) in [5.41, 5.74) is 0. The van der Waals surface area contributed by atoms with Gasteiger partial charge in [0, 0.05) is 11.6 Å². The standard InChI is InChI=1S/C15H17O3PS/c1-17-13-10-7-11-14(18-2)15(13)19(3,16)20-12-8-5-4-6-9-12/h4-11H,1-3H3. The van der Waals surface area contributed by atoms with E-state index in [9.17, 15) is 4.57 Å². The molecule has 0 N–H and O–H groups in total. The zero-order valence-electron chi connectivity index (χ0n) is 11.7. The van der Waals surface area contributed by atoms with E-state index in [0.29, 0.717) is 16.8 Å². The highest BCUT2D eigenvalue weighted by molar-refractivity contribution is 8.60. The lowest BCUT2D eigenvalue weighted by atomic mass is 10.3. The van der Waals surface area contributed by atoms with Gasteiger partial charge in [-0.15, -0.1) is 0 Å². The molecule has 0 heterocycles. The Morgan fingerprint density at radius 3 is 1.95 bits per heavy atom. The highest BCUT2D eigenvalue weighted by atomic mass is 32.7. The van der Waals surface area contributed by atoms with E-state index in [1.165, 1.54) is 11.4 Å². The molecule has 0 aliphatic rings. The Morgan fingerprint density at radius 2 is 1.45 bits per heavy atom. The van der Waals surface area contributed by atoms with Crippen LogP contribution >= 0.6 is 17.7 Å². The predicted molar refractivity (Wildman–Crippen MR) is 85.0 cm³/mol. The first-order valence-electron chi connectivity index (χ1n) is 6.12. The van der Waals surface area contributed by atoms with Gasteiger partial charge in [-0.3, -0.25) is 0 Å². The first kappa shape index (κ1) is 15.0. The van der Waals surface area contributed by atoms with Gasteiger partial charge in [-0.2, -0.15) is 0 Å². The number of methoxy groups -OCH3 is 2. The molecule has 0 saturated heterocycles. The van der Waals surface area contributed by atoms with E-state index in [-0.39, 0.29) is 0 Å². The number of ether oxygens (including phenoxy) is 2. The Balaban J connectivity index is 2.46. The normalized spacial score (nSPS) is 13.6. The molecule has 0 aliphatic carbocycles. The molecule has 1 unspecified atom stereocenters. The summed E-state index contributed by atoms with van der Waals surface area (Å²) >= 11 is 1.35. The van der Waals surface area contributed by atoms with Crippen molar-refractivity contribution in [3.63, 3.8) is 0 Å². The Kier molecular flexibility index (Phi) is 4.79. The lowest BCUT2D eigenvalue weighted by molar-refractivity contribution is 0.400. The van der Waals surface area contributed by atoms with Gasteiger partial charge < -0.3 is 14.0 Å². The molecule has 2 aromatic carbocycles. The van der Waals surface area contributed by atoms with E-state index >= 15 is 0 Å². The molecule has 0 aliphatic heterocycles. The molecule has 106 valence electrons. The van der Waals surface area contributed by atoms with Crippen LogP contribution in [0.2, 0.25) is 0 Å². The molecule has 0 aromatic heterocycles. The van der Waals surface area contributed by atoms with Gasteiger partial charge in [0.2, 0.25) is 0 Å². The minimum Gasteiger partial charge on any atom is -0.496 e. The molecule has 2 rings (SSSR count). The Morgan fingerprint density at radius 1 is 0.900 bits per heavy atom. The number of hydrogen-bond acceptors (Lipinski definition) is 4. The molecular weight excluding hydrogens is 291 g/mol. The van der Waals surface area contributed by atoms with E-state index in [0.717, 1.165) is 4.90 Å². The molecule has 2 aromatic rings. The van der Waals surface area contributed by atoms with Crippen LogP contribution in [0.15, 0.2) is 53.4 Å². The second kappa shape index (κ2) is 6.38. The predicted octanol–water partition coefficient (Wildman–Crippen LogP) is 4.03. The summed E-state index contributed by atoms with van der Waals surface area (Å²) in [5, 5.41) is 0.638. The van der Waals surface area contributed by atoms with E-state index in [4.69, 9.17) is 9.47 Å². The van der Waals surface area contributed by atoms with Crippen molar-refractivity contribution in [2.75, 3.05) is 20.9 Å². The highest BCUT2D eigenvalue weighted by Crippen LogP contribution is 2.60. The van der Waals surface area contributed by atoms with Gasteiger partial charge in [-0.25, -0.2) is 0 Å². The SMILES string of the molecule is COc1cccc(OC)c1P(C)(=O)Sc1ccccc1. The quantitative estimate of drug-likeness (QED) is 0.781. The van der Waals surface area contributed by atoms with Gasteiger partial charge in [0.1, 0.15) is 16.8 Å². The van der Waals surface area contributed by atoms with Crippen molar-refractivity contribution in [1.29, 1.82) is 0 Å². The fraction of sp³-hybridized carbons (Fsp3) is 0.200. The van der Waals surface area contributed by atoms with Gasteiger partial charge in [0.05, 0.1) is 14.2 Å². The third kappa shape index (κ3) is 3.20. The fourth-order valence-corrected chi connectivity index (χ4v) is 6.25. The summed E-state index contributed by atoms with van der Waals surface area (Å²) in [4.78, 5) is 0.964. The van der Waals surface area contributed by atoms with Crippen LogP contribution in [0.4, 0.5) is 0 Å². The Hall–Kier alpha value is -1.38. The monoisotopic (exact) mass is 308 g/mol. The largest absolute Gasteiger partial charge is 0.496 e. The molecule has 20 heavy (non-hydrogen) atoms. The van der Waals surface area contributed by atoms with Crippen LogP contribution in [0.25, 0.3) is 0 Å². The van der Waals surface area contributed by atoms with Crippen molar-refractivity contribution >= 4 is 23.0 Å². The maximum absolute atomic E-state index is 13.1. The molecule has 1 atom stereocenters. The number of benzene rings is 2. The molecule has 0 fully saturated rings. The second-order valence-corrected chi connectivity index (χ2v) is 9.69. The zero-order chi connectivity index (χ0) is 14.6. The van der Waals surface area contributed by atoms with Gasteiger partial charge in [-0.05, 0) is 24.3 Å². The fourth-order valence-electron chi connectivity index (χ4n) is 1.96. The molecule has 3 nitrogen and oxygen atoms in total. The van der Waals surface area contributed by atoms with Crippen LogP contribution in [-0.2, 0) is 4.57 Å². The van der Waals surface area contributed by atoms with Crippen molar-refractivity contribution in [3.8, 4) is 11.5 Å². The molecule has 0 radical (unpaired) electrons. The van der Waals surface area contributed by atoms with Crippen LogP contribution in [0.3, 0.4) is 0 Å². The van der Waals surface area contributed by atoms with Crippen LogP contribution in [0, 0.1) is 0 Å². The summed E-state index contributed by atoms with van der Waals surface area (Å²) in [5.74, 6) is 1.19. The Bertz CT molecular complexity index is 606. The van der Waals surface area contributed by atoms with Crippen molar-refractivity contribution < 1.29 is 14.0 Å². The van der Waals surface area contributed by atoms with Crippen molar-refractivity contribution in [1.82, 2.24) is 0 Å². The average Bonchev–Trinajstić information content (AvgIpc) is 2.46. The van der Waals surface area contributed by atoms with Crippen LogP contribution in [-0.4, -0.2) is 20.9 Å². The minimum absolute atomic E-state index is 0.596. The molecule has 0 saturated carbocycles. The molecule has 0 bridgehead atoms. The zero-order valence-corrected chi connectivity index (χ0v) is 13.4. The van der Waals surface area contributed by atoms with E-state index < -0.39 is 6.34 Å². The van der Waals surface area contributed by atoms with E-state index in [1.54, 1.807) is 33.0 Å². The first-order chi connectivity index (χ1) is 9.58. The molecule has 0 amide bonds. The summed E-state index contributed by atoms with van der Waals surface area (Å²) in [7, 11) is 3.15. The molecule has 0 spiro atoms. The third-order valence-corrected chi connectivity index (χ3v) is 7.14. The second-order valence-electron chi connectivity index (χ2n) is 4.26. The van der Waals surface area contributed by atoms with E-state index in [1.807, 2.05) is 36.4 Å². The van der Waals surface area contributed by atoms with Gasteiger partial charge in [0.15, 0.2) is 6.34 Å². The minimum atomic E-state index is -2.71. The third-order valence-electron chi connectivity index (χ3n) is 2.83. The summed E-state index contributed by atoms with van der Waals surface area (Å²) in [6.07, 6.45) is -2.71. The number of rotatable bonds is 5. The summed E-state index contributed by atoms with van der Waals surface area (Å²) in [6.45, 7) is 1.74. The maximum atomic E-state index is 13.1. The average molecular weight is 308 g/mol. The Labute approximate surface area is 123 Å². The maximum Gasteiger partial charge on any atom is 0.176 e. The van der Waals surface area contributed by atoms with E-state index in [2.05, 4.69) is 0 Å². The number of hydrogen-bond donors (Lipinski definition) is 0. The lowest BCUT2D eigenvalue weighted by Gasteiger charge is -2.19. The van der Waals surface area contributed by atoms with Gasteiger partial charge in [0.25, 0.3) is 0 Å². The highest BCUT2D eigenvalue weighted by Gasteiger charge is 2.28. The summed E-state index contributed by atoms with van der Waals surface area (Å²) < 4.78 is 23.8.